The summed E-state index contributed by atoms with van der Waals surface area (Å²) in [6, 6.07) is 2.00. The monoisotopic (exact) mass is 317 g/mol. The van der Waals surface area contributed by atoms with E-state index in [1.54, 1.807) is 0 Å². The number of unbranched alkanes of at least 4 members (excludes halogenated alkanes) is 5. The fraction of sp³-hybridized carbons (Fsp3) is 0.643. The number of aryl methyl sites for hydroxylation is 2. The van der Waals surface area contributed by atoms with Crippen LogP contribution in [0, 0.1) is 20.8 Å². The normalized spacial score (nSPS) is 8.21. The third-order valence-electron chi connectivity index (χ3n) is 2.19. The van der Waals surface area contributed by atoms with Crippen LogP contribution in [0.3, 0.4) is 0 Å². The van der Waals surface area contributed by atoms with Crippen LogP contribution in [0.2, 0.25) is 0 Å². The largest absolute Gasteiger partial charge is 2.00 e. The van der Waals surface area contributed by atoms with Crippen molar-refractivity contribution in [1.82, 2.24) is 10.2 Å². The van der Waals surface area contributed by atoms with Crippen LogP contribution in [0.4, 0.5) is 0 Å². The summed E-state index contributed by atoms with van der Waals surface area (Å²) >= 11 is 0. The van der Waals surface area contributed by atoms with Gasteiger partial charge in [0.1, 0.15) is 0 Å². The number of rotatable bonds is 5. The quantitative estimate of drug-likeness (QED) is 0.393. The molecule has 0 saturated carbocycles. The fourth-order valence-corrected chi connectivity index (χ4v) is 1.33. The molecule has 1 N–H and O–H groups in total. The van der Waals surface area contributed by atoms with Crippen LogP contribution in [0.15, 0.2) is 6.07 Å². The summed E-state index contributed by atoms with van der Waals surface area (Å²) in [6.07, 6.45) is 7.98. The fourth-order valence-electron chi connectivity index (χ4n) is 1.33. The van der Waals surface area contributed by atoms with Crippen LogP contribution in [0.1, 0.15) is 56.8 Å². The van der Waals surface area contributed by atoms with Gasteiger partial charge in [-0.1, -0.05) is 39.0 Å². The van der Waals surface area contributed by atoms with Crippen molar-refractivity contribution in [2.75, 3.05) is 0 Å². The molecule has 1 heterocycles. The molecule has 4 nitrogen and oxygen atoms in total. The van der Waals surface area contributed by atoms with Crippen molar-refractivity contribution in [3.05, 3.63) is 24.4 Å². The summed E-state index contributed by atoms with van der Waals surface area (Å²) in [6.45, 7) is 9.47. The SMILES string of the molecule is Cc1cc(C)[nH]n1.O=C[O-].[CH2-]CCCCCCC.[Cu+2]. The molecule has 1 radical (unpaired) electrons. The molecule has 115 valence electrons. The van der Waals surface area contributed by atoms with Gasteiger partial charge in [0.25, 0.3) is 0 Å². The van der Waals surface area contributed by atoms with E-state index in [9.17, 15) is 0 Å². The minimum atomic E-state index is -0.500. The van der Waals surface area contributed by atoms with Crippen molar-refractivity contribution in [2.24, 2.45) is 0 Å². The average molecular weight is 318 g/mol. The number of carbonyl (C=O) groups is 1. The van der Waals surface area contributed by atoms with Crippen LogP contribution < -0.4 is 5.11 Å². The molecule has 0 fully saturated rings. The average Bonchev–Trinajstić information content (AvgIpc) is 2.71. The zero-order valence-electron chi connectivity index (χ0n) is 12.2. The Balaban J connectivity index is -0.000000215. The maximum absolute atomic E-state index is 8.25. The van der Waals surface area contributed by atoms with Gasteiger partial charge in [-0.25, -0.2) is 0 Å². The molecule has 1 rings (SSSR count). The number of hydrogen-bond donors (Lipinski definition) is 1. The van der Waals surface area contributed by atoms with Crippen LogP contribution in [0.5, 0.6) is 0 Å². The maximum atomic E-state index is 8.25. The van der Waals surface area contributed by atoms with Gasteiger partial charge < -0.3 is 16.8 Å². The van der Waals surface area contributed by atoms with Crippen LogP contribution in [-0.2, 0) is 21.9 Å². The first-order valence-corrected chi connectivity index (χ1v) is 6.45. The third-order valence-corrected chi connectivity index (χ3v) is 2.19. The van der Waals surface area contributed by atoms with Gasteiger partial charge in [0.2, 0.25) is 0 Å². The van der Waals surface area contributed by atoms with Gasteiger partial charge >= 0.3 is 17.1 Å². The van der Waals surface area contributed by atoms with Crippen molar-refractivity contribution >= 4 is 6.47 Å². The number of aromatic nitrogens is 2. The van der Waals surface area contributed by atoms with E-state index in [0.29, 0.717) is 0 Å². The number of nitrogens with one attached hydrogen (secondary N) is 1. The molecule has 1 aromatic rings. The first kappa shape index (κ1) is 23.3. The summed E-state index contributed by atoms with van der Waals surface area (Å²) in [7, 11) is 0. The predicted molar refractivity (Wildman–Crippen MR) is 72.9 cm³/mol. The standard InChI is InChI=1S/C8H17.C5H8N2.CH2O2.Cu/c1-3-5-7-8-6-4-2;1-4-3-5(2)7-6-4;2-1-3;/h1,3-8H2,2H3;3H,1-2H3,(H,6,7);1H,(H,2,3);/q-1;;;+2/p-1. The number of carboxylic acid groups (broad SMARTS) is 1. The second-order valence-corrected chi connectivity index (χ2v) is 4.06. The van der Waals surface area contributed by atoms with E-state index in [1.807, 2.05) is 19.9 Å². The zero-order chi connectivity index (χ0) is 14.2. The maximum Gasteiger partial charge on any atom is 2.00 e. The molecule has 5 heteroatoms. The van der Waals surface area contributed by atoms with E-state index in [4.69, 9.17) is 9.90 Å². The smallest absolute Gasteiger partial charge is 0.554 e. The Kier molecular flexibility index (Phi) is 24.0. The van der Waals surface area contributed by atoms with Crippen LogP contribution >= 0.6 is 0 Å². The topological polar surface area (TPSA) is 68.8 Å². The second-order valence-electron chi connectivity index (χ2n) is 4.06. The van der Waals surface area contributed by atoms with Gasteiger partial charge in [0, 0.05) is 12.2 Å². The summed E-state index contributed by atoms with van der Waals surface area (Å²) in [4.78, 5) is 8.25. The first-order valence-electron chi connectivity index (χ1n) is 6.45. The number of H-pyrrole nitrogens is 1. The predicted octanol–water partition coefficient (Wildman–Crippen LogP) is 2.57. The van der Waals surface area contributed by atoms with Crippen molar-refractivity contribution < 1.29 is 27.0 Å². The van der Waals surface area contributed by atoms with Gasteiger partial charge in [0.15, 0.2) is 0 Å². The van der Waals surface area contributed by atoms with Crippen LogP contribution in [-0.4, -0.2) is 16.7 Å². The van der Waals surface area contributed by atoms with Gasteiger partial charge in [-0.15, -0.1) is 0 Å². The number of carbonyl (C=O) groups excluding carboxylic acids is 1. The summed E-state index contributed by atoms with van der Waals surface area (Å²) in [5.74, 6) is 0. The second kappa shape index (κ2) is 19.5. The van der Waals surface area contributed by atoms with E-state index >= 15 is 0 Å². The Labute approximate surface area is 127 Å². The minimum absolute atomic E-state index is 0. The molecule has 0 atom stereocenters. The number of hydrogen-bond acceptors (Lipinski definition) is 3. The molecular weight excluding hydrogens is 292 g/mol. The Bertz CT molecular complexity index is 256. The molecule has 1 aromatic heterocycles. The molecule has 0 aliphatic heterocycles. The summed E-state index contributed by atoms with van der Waals surface area (Å²) in [5, 5.41) is 15.0. The first-order chi connectivity index (χ1) is 8.62. The van der Waals surface area contributed by atoms with Crippen molar-refractivity contribution in [2.45, 2.75) is 59.3 Å². The molecule has 0 aliphatic rings. The van der Waals surface area contributed by atoms with Gasteiger partial charge in [-0.2, -0.15) is 11.5 Å². The molecule has 0 saturated heterocycles. The van der Waals surface area contributed by atoms with E-state index < -0.39 is 6.47 Å². The molecule has 0 spiro atoms. The van der Waals surface area contributed by atoms with E-state index in [2.05, 4.69) is 24.0 Å². The van der Waals surface area contributed by atoms with Gasteiger partial charge in [-0.05, 0) is 19.9 Å². The van der Waals surface area contributed by atoms with Gasteiger partial charge in [-0.3, -0.25) is 5.10 Å². The van der Waals surface area contributed by atoms with Crippen molar-refractivity contribution in [1.29, 1.82) is 0 Å². The van der Waals surface area contributed by atoms with Crippen molar-refractivity contribution in [3.8, 4) is 0 Å². The van der Waals surface area contributed by atoms with Crippen LogP contribution in [0.25, 0.3) is 0 Å². The third kappa shape index (κ3) is 22.8. The van der Waals surface area contributed by atoms with E-state index in [0.717, 1.165) is 17.8 Å². The Hall–Kier alpha value is -0.801. The van der Waals surface area contributed by atoms with E-state index in [-0.39, 0.29) is 17.1 Å². The van der Waals surface area contributed by atoms with Crippen molar-refractivity contribution in [3.63, 3.8) is 0 Å². The zero-order valence-corrected chi connectivity index (χ0v) is 13.1. The molecule has 19 heavy (non-hydrogen) atoms. The number of aromatic amines is 1. The Morgan fingerprint density at radius 1 is 1.32 bits per heavy atom. The molecule has 0 aliphatic carbocycles. The Morgan fingerprint density at radius 3 is 2.11 bits per heavy atom. The summed E-state index contributed by atoms with van der Waals surface area (Å²) in [5.41, 5.74) is 2.18. The molecule has 0 amide bonds. The minimum Gasteiger partial charge on any atom is -0.554 e. The number of nitrogens with zero attached hydrogens (tertiary/aromatic N) is 1. The summed E-state index contributed by atoms with van der Waals surface area (Å²) < 4.78 is 0. The molecular formula is C14H26CuN2O2. The van der Waals surface area contributed by atoms with Gasteiger partial charge in [0.05, 0.1) is 5.69 Å². The Morgan fingerprint density at radius 2 is 1.84 bits per heavy atom. The molecule has 0 bridgehead atoms. The molecule has 0 unspecified atom stereocenters. The molecule has 0 aromatic carbocycles. The van der Waals surface area contributed by atoms with E-state index in [1.165, 1.54) is 32.1 Å².